The van der Waals surface area contributed by atoms with E-state index in [0.29, 0.717) is 12.4 Å². The lowest BCUT2D eigenvalue weighted by Crippen LogP contribution is -2.26. The molecule has 0 aliphatic heterocycles. The number of fused-ring (bicyclic) bond motifs is 1. The van der Waals surface area contributed by atoms with Crippen molar-refractivity contribution in [2.45, 2.75) is 39.8 Å². The molecule has 0 fully saturated rings. The predicted molar refractivity (Wildman–Crippen MR) is 142 cm³/mol. The normalized spacial score (nSPS) is 11.8. The van der Waals surface area contributed by atoms with E-state index < -0.39 is 5.60 Å². The molecular formula is C29H29N5O. The highest BCUT2D eigenvalue weighted by molar-refractivity contribution is 5.93. The van der Waals surface area contributed by atoms with Gasteiger partial charge in [-0.3, -0.25) is 9.67 Å². The van der Waals surface area contributed by atoms with Gasteiger partial charge in [0.15, 0.2) is 0 Å². The third-order valence-corrected chi connectivity index (χ3v) is 6.14. The second kappa shape index (κ2) is 8.64. The molecule has 2 aromatic carbocycles. The van der Waals surface area contributed by atoms with Crippen LogP contribution in [0.15, 0.2) is 73.2 Å². The Balaban J connectivity index is 1.70. The molecule has 35 heavy (non-hydrogen) atoms. The molecule has 0 unspecified atom stereocenters. The number of aliphatic hydroxyl groups is 1. The van der Waals surface area contributed by atoms with Crippen molar-refractivity contribution in [3.05, 3.63) is 84.3 Å². The number of benzene rings is 2. The summed E-state index contributed by atoms with van der Waals surface area (Å²) in [7, 11) is 0. The highest BCUT2D eigenvalue weighted by Crippen LogP contribution is 2.38. The number of anilines is 1. The van der Waals surface area contributed by atoms with Crippen LogP contribution in [0, 0.1) is 13.8 Å². The van der Waals surface area contributed by atoms with E-state index in [4.69, 9.17) is 10.7 Å². The van der Waals surface area contributed by atoms with Crippen molar-refractivity contribution in [2.24, 2.45) is 0 Å². The summed E-state index contributed by atoms with van der Waals surface area (Å²) in [6.07, 6.45) is 5.50. The number of aryl methyl sites for hydroxylation is 2. The first-order valence-electron chi connectivity index (χ1n) is 11.7. The number of aromatic nitrogens is 4. The molecule has 6 nitrogen and oxygen atoms in total. The van der Waals surface area contributed by atoms with Gasteiger partial charge in [0.2, 0.25) is 0 Å². The Morgan fingerprint density at radius 3 is 2.40 bits per heavy atom. The first kappa shape index (κ1) is 22.7. The fraction of sp³-hybridized carbons (Fsp3) is 0.207. The Hall–Kier alpha value is -4.03. The Kier molecular flexibility index (Phi) is 5.61. The van der Waals surface area contributed by atoms with Crippen molar-refractivity contribution >= 4 is 16.7 Å². The number of rotatable bonds is 5. The molecule has 0 saturated carbocycles. The van der Waals surface area contributed by atoms with E-state index >= 15 is 0 Å². The highest BCUT2D eigenvalue weighted by Gasteiger charge is 2.18. The predicted octanol–water partition coefficient (Wildman–Crippen LogP) is 5.80. The number of nitrogen functional groups attached to an aromatic ring is 1. The third-order valence-electron chi connectivity index (χ3n) is 6.14. The molecular weight excluding hydrogens is 434 g/mol. The summed E-state index contributed by atoms with van der Waals surface area (Å²) in [4.78, 5) is 9.40. The zero-order valence-corrected chi connectivity index (χ0v) is 20.4. The molecule has 0 atom stereocenters. The molecule has 5 aromatic rings. The van der Waals surface area contributed by atoms with Crippen LogP contribution in [0.2, 0.25) is 0 Å². The maximum atomic E-state index is 10.2. The zero-order valence-electron chi connectivity index (χ0n) is 20.4. The molecule has 6 heteroatoms. The monoisotopic (exact) mass is 463 g/mol. The average molecular weight is 464 g/mol. The molecule has 0 amide bonds. The molecule has 0 bridgehead atoms. The first-order valence-corrected chi connectivity index (χ1v) is 11.7. The van der Waals surface area contributed by atoms with Gasteiger partial charge in [0.25, 0.3) is 0 Å². The van der Waals surface area contributed by atoms with E-state index in [0.717, 1.165) is 44.4 Å². The second-order valence-electron chi connectivity index (χ2n) is 9.78. The molecule has 0 radical (unpaired) electrons. The average Bonchev–Trinajstić information content (AvgIpc) is 3.26. The van der Waals surface area contributed by atoms with Crippen LogP contribution < -0.4 is 5.73 Å². The van der Waals surface area contributed by atoms with Gasteiger partial charge in [-0.2, -0.15) is 5.10 Å². The van der Waals surface area contributed by atoms with Crippen LogP contribution >= 0.6 is 0 Å². The number of nitrogens with two attached hydrogens (primary N) is 1. The van der Waals surface area contributed by atoms with E-state index in [2.05, 4.69) is 66.4 Å². The first-order chi connectivity index (χ1) is 16.7. The third kappa shape index (κ3) is 4.66. The Bertz CT molecular complexity index is 1530. The number of nitrogens with zero attached hydrogens (tertiary/aromatic N) is 4. The van der Waals surface area contributed by atoms with Crippen LogP contribution in [0.4, 0.5) is 5.82 Å². The van der Waals surface area contributed by atoms with Gasteiger partial charge in [0, 0.05) is 40.0 Å². The van der Waals surface area contributed by atoms with Crippen molar-refractivity contribution < 1.29 is 5.11 Å². The molecule has 0 spiro atoms. The molecule has 5 rings (SSSR count). The van der Waals surface area contributed by atoms with Crippen LogP contribution in [0.5, 0.6) is 0 Å². The lowest BCUT2D eigenvalue weighted by molar-refractivity contribution is 0.0577. The maximum absolute atomic E-state index is 10.2. The van der Waals surface area contributed by atoms with E-state index in [1.165, 1.54) is 11.1 Å². The van der Waals surface area contributed by atoms with Crippen LogP contribution in [0.3, 0.4) is 0 Å². The summed E-state index contributed by atoms with van der Waals surface area (Å²) in [5.74, 6) is 0.436. The van der Waals surface area contributed by atoms with Crippen molar-refractivity contribution in [2.75, 3.05) is 5.73 Å². The molecule has 0 aliphatic carbocycles. The van der Waals surface area contributed by atoms with Gasteiger partial charge < -0.3 is 10.8 Å². The summed E-state index contributed by atoms with van der Waals surface area (Å²) < 4.78 is 1.73. The van der Waals surface area contributed by atoms with Gasteiger partial charge >= 0.3 is 0 Å². The van der Waals surface area contributed by atoms with Crippen LogP contribution in [-0.2, 0) is 6.54 Å². The van der Waals surface area contributed by atoms with Crippen LogP contribution in [0.1, 0.15) is 25.0 Å². The molecule has 176 valence electrons. The van der Waals surface area contributed by atoms with Crippen molar-refractivity contribution in [1.82, 2.24) is 19.7 Å². The fourth-order valence-electron chi connectivity index (χ4n) is 4.35. The molecule has 0 saturated heterocycles. The zero-order chi connectivity index (χ0) is 24.7. The number of pyridine rings is 2. The Labute approximate surface area is 205 Å². The van der Waals surface area contributed by atoms with Crippen LogP contribution in [0.25, 0.3) is 44.4 Å². The lowest BCUT2D eigenvalue weighted by Gasteiger charge is -2.16. The van der Waals surface area contributed by atoms with E-state index in [1.807, 2.05) is 24.5 Å². The minimum absolute atomic E-state index is 0.381. The Morgan fingerprint density at radius 1 is 0.914 bits per heavy atom. The topological polar surface area (TPSA) is 89.8 Å². The minimum atomic E-state index is -0.871. The Morgan fingerprint density at radius 2 is 1.66 bits per heavy atom. The number of hydrogen-bond acceptors (Lipinski definition) is 5. The van der Waals surface area contributed by atoms with E-state index in [9.17, 15) is 5.11 Å². The summed E-state index contributed by atoms with van der Waals surface area (Å²) in [5, 5.41) is 15.7. The quantitative estimate of drug-likeness (QED) is 0.344. The largest absolute Gasteiger partial charge is 0.389 e. The lowest BCUT2D eigenvalue weighted by atomic mass is 9.94. The summed E-state index contributed by atoms with van der Waals surface area (Å²) in [6.45, 7) is 8.06. The van der Waals surface area contributed by atoms with Gasteiger partial charge in [-0.15, -0.1) is 0 Å². The fourth-order valence-corrected chi connectivity index (χ4v) is 4.35. The van der Waals surface area contributed by atoms with E-state index in [1.54, 1.807) is 24.7 Å². The van der Waals surface area contributed by atoms with Gasteiger partial charge in [-0.25, -0.2) is 4.98 Å². The van der Waals surface area contributed by atoms with Gasteiger partial charge in [0.05, 0.1) is 29.6 Å². The molecule has 3 N–H and O–H groups in total. The summed E-state index contributed by atoms with van der Waals surface area (Å²) in [5.41, 5.74) is 14.5. The van der Waals surface area contributed by atoms with Crippen molar-refractivity contribution in [1.29, 1.82) is 0 Å². The van der Waals surface area contributed by atoms with Gasteiger partial charge in [-0.05, 0) is 63.1 Å². The molecule has 0 aliphatic rings. The van der Waals surface area contributed by atoms with Crippen molar-refractivity contribution in [3.8, 4) is 33.5 Å². The van der Waals surface area contributed by atoms with E-state index in [-0.39, 0.29) is 0 Å². The summed E-state index contributed by atoms with van der Waals surface area (Å²) >= 11 is 0. The smallest absolute Gasteiger partial charge is 0.132 e. The molecule has 3 heterocycles. The summed E-state index contributed by atoms with van der Waals surface area (Å²) in [6, 6.07) is 18.7. The second-order valence-corrected chi connectivity index (χ2v) is 9.78. The van der Waals surface area contributed by atoms with Gasteiger partial charge in [-0.1, -0.05) is 35.9 Å². The van der Waals surface area contributed by atoms with Crippen molar-refractivity contribution in [3.63, 3.8) is 0 Å². The van der Waals surface area contributed by atoms with Crippen LogP contribution in [-0.4, -0.2) is 30.5 Å². The molecule has 3 aromatic heterocycles. The van der Waals surface area contributed by atoms with Gasteiger partial charge in [0.1, 0.15) is 5.82 Å². The minimum Gasteiger partial charge on any atom is -0.389 e. The standard InChI is InChI=1S/C29H29N5O/c1-18-5-7-20(8-6-18)27-24(21-9-10-26-23(13-21)19(2)11-12-31-26)14-25(28(30)33-27)22-15-32-34(16-22)17-29(3,4)35/h5-16,35H,17H2,1-4H3,(H2,30,33). The number of hydrogen-bond donors (Lipinski definition) is 2. The highest BCUT2D eigenvalue weighted by atomic mass is 16.3. The maximum Gasteiger partial charge on any atom is 0.132 e. The SMILES string of the molecule is Cc1ccc(-c2nc(N)c(-c3cnn(CC(C)(C)O)c3)cc2-c2ccc3nccc(C)c3c2)cc1.